The smallest absolute Gasteiger partial charge is 0.210 e. The molecule has 3 heterocycles. The zero-order valence-electron chi connectivity index (χ0n) is 22.2. The van der Waals surface area contributed by atoms with Crippen LogP contribution in [0.15, 0.2) is 41.9 Å². The number of sulfonamides is 1. The number of aromatic nitrogens is 3. The number of imidazole rings is 1. The third-order valence-electron chi connectivity index (χ3n) is 6.90. The maximum absolute atomic E-state index is 13.6. The Labute approximate surface area is 222 Å². The highest BCUT2D eigenvalue weighted by Crippen LogP contribution is 2.35. The maximum Gasteiger partial charge on any atom is 0.210 e. The second-order valence-electron chi connectivity index (χ2n) is 9.44. The molecule has 0 amide bonds. The molecule has 4 aromatic rings. The number of fused-ring (bicyclic) bond motifs is 1. The highest BCUT2D eigenvalue weighted by Gasteiger charge is 2.21. The van der Waals surface area contributed by atoms with Crippen LogP contribution in [0, 0.1) is 12.7 Å². The van der Waals surface area contributed by atoms with E-state index < -0.39 is 10.0 Å². The minimum atomic E-state index is -3.21. The van der Waals surface area contributed by atoms with Crippen molar-refractivity contribution in [1.29, 1.82) is 0 Å². The summed E-state index contributed by atoms with van der Waals surface area (Å²) in [6, 6.07) is 8.89. The Morgan fingerprint density at radius 3 is 2.54 bits per heavy atom. The van der Waals surface area contributed by atoms with Gasteiger partial charge in [0.2, 0.25) is 10.0 Å². The summed E-state index contributed by atoms with van der Waals surface area (Å²) in [6.07, 6.45) is 5.76. The van der Waals surface area contributed by atoms with Crippen molar-refractivity contribution in [1.82, 2.24) is 18.7 Å². The van der Waals surface area contributed by atoms with E-state index in [0.717, 1.165) is 63.9 Å². The standard InChI is InChI=1S/C27H34FN5O2S2/c1-7-19(13-14-31(4)37(6,34)35)20-9-12-25-29-23(8-2)26(33(25)16-20)32(5)27-30-24(17-36-27)22-11-10-21(28)15-18(22)3/h9-12,15-17,19H,7-8,13-14H2,1-6H3. The van der Waals surface area contributed by atoms with Crippen LogP contribution < -0.4 is 4.90 Å². The van der Waals surface area contributed by atoms with E-state index in [1.807, 2.05) is 25.4 Å². The van der Waals surface area contributed by atoms with Crippen LogP contribution in [0.3, 0.4) is 0 Å². The number of aryl methyl sites for hydroxylation is 2. The number of rotatable bonds is 10. The molecule has 0 saturated carbocycles. The van der Waals surface area contributed by atoms with E-state index in [2.05, 4.69) is 35.4 Å². The SMILES string of the molecule is CCc1nc2ccc(C(CC)CCN(C)S(C)(=O)=O)cn2c1N(C)c1nc(-c2ccc(F)cc2C)cs1. The van der Waals surface area contributed by atoms with Crippen molar-refractivity contribution >= 4 is 38.0 Å². The van der Waals surface area contributed by atoms with E-state index in [-0.39, 0.29) is 11.7 Å². The minimum absolute atomic E-state index is 0.215. The van der Waals surface area contributed by atoms with Gasteiger partial charge in [0, 0.05) is 37.8 Å². The molecule has 4 rings (SSSR count). The summed E-state index contributed by atoms with van der Waals surface area (Å²) >= 11 is 1.54. The molecule has 0 aliphatic heterocycles. The topological polar surface area (TPSA) is 70.8 Å². The van der Waals surface area contributed by atoms with Gasteiger partial charge in [-0.1, -0.05) is 19.9 Å². The number of hydrogen-bond donors (Lipinski definition) is 0. The van der Waals surface area contributed by atoms with Gasteiger partial charge in [-0.25, -0.2) is 27.1 Å². The van der Waals surface area contributed by atoms with Gasteiger partial charge in [-0.3, -0.25) is 4.40 Å². The molecule has 10 heteroatoms. The van der Waals surface area contributed by atoms with Crippen LogP contribution in [0.4, 0.5) is 15.3 Å². The van der Waals surface area contributed by atoms with Crippen molar-refractivity contribution in [2.45, 2.75) is 46.0 Å². The second kappa shape index (κ2) is 10.9. The van der Waals surface area contributed by atoms with E-state index in [9.17, 15) is 12.8 Å². The Bertz CT molecular complexity index is 1510. The van der Waals surface area contributed by atoms with Crippen molar-refractivity contribution in [3.8, 4) is 11.3 Å². The van der Waals surface area contributed by atoms with Crippen molar-refractivity contribution in [2.75, 3.05) is 31.8 Å². The van der Waals surface area contributed by atoms with E-state index in [1.165, 1.54) is 34.0 Å². The first-order valence-electron chi connectivity index (χ1n) is 12.4. The van der Waals surface area contributed by atoms with Crippen LogP contribution in [0.2, 0.25) is 0 Å². The van der Waals surface area contributed by atoms with Gasteiger partial charge in [-0.15, -0.1) is 11.3 Å². The van der Waals surface area contributed by atoms with Crippen LogP contribution in [0.25, 0.3) is 16.9 Å². The van der Waals surface area contributed by atoms with Crippen molar-refractivity contribution in [3.05, 3.63) is 64.5 Å². The summed E-state index contributed by atoms with van der Waals surface area (Å²) in [7, 11) is 0.408. The molecule has 0 aliphatic carbocycles. The zero-order valence-corrected chi connectivity index (χ0v) is 23.8. The Hall–Kier alpha value is -2.82. The van der Waals surface area contributed by atoms with E-state index >= 15 is 0 Å². The summed E-state index contributed by atoms with van der Waals surface area (Å²) < 4.78 is 40.8. The molecule has 0 radical (unpaired) electrons. The van der Waals surface area contributed by atoms with Crippen LogP contribution in [0.5, 0.6) is 0 Å². The number of anilines is 2. The Kier molecular flexibility index (Phi) is 8.01. The molecule has 7 nitrogen and oxygen atoms in total. The fourth-order valence-corrected chi connectivity index (χ4v) is 5.82. The van der Waals surface area contributed by atoms with Crippen LogP contribution >= 0.6 is 11.3 Å². The van der Waals surface area contributed by atoms with Crippen molar-refractivity contribution < 1.29 is 12.8 Å². The average Bonchev–Trinajstić information content (AvgIpc) is 3.48. The third kappa shape index (κ3) is 5.71. The third-order valence-corrected chi connectivity index (χ3v) is 9.14. The highest BCUT2D eigenvalue weighted by atomic mass is 32.2. The van der Waals surface area contributed by atoms with E-state index in [1.54, 1.807) is 13.1 Å². The molecule has 1 unspecified atom stereocenters. The lowest BCUT2D eigenvalue weighted by Crippen LogP contribution is -2.27. The van der Waals surface area contributed by atoms with Gasteiger partial charge >= 0.3 is 0 Å². The number of pyridine rings is 1. The first-order valence-corrected chi connectivity index (χ1v) is 15.1. The molecule has 3 aromatic heterocycles. The monoisotopic (exact) mass is 543 g/mol. The van der Waals surface area contributed by atoms with Gasteiger partial charge in [-0.05, 0) is 67.5 Å². The minimum Gasteiger partial charge on any atom is -0.305 e. The fourth-order valence-electron chi connectivity index (χ4n) is 4.59. The van der Waals surface area contributed by atoms with Crippen LogP contribution in [0.1, 0.15) is 49.4 Å². The molecule has 0 spiro atoms. The lowest BCUT2D eigenvalue weighted by Gasteiger charge is -2.21. The molecule has 198 valence electrons. The molecule has 0 bridgehead atoms. The Balaban J connectivity index is 1.68. The Morgan fingerprint density at radius 2 is 1.89 bits per heavy atom. The number of hydrogen-bond acceptors (Lipinski definition) is 6. The second-order valence-corrected chi connectivity index (χ2v) is 12.4. The van der Waals surface area contributed by atoms with Gasteiger partial charge in [0.15, 0.2) is 5.13 Å². The predicted octanol–water partition coefficient (Wildman–Crippen LogP) is 6.01. The number of nitrogens with zero attached hydrogens (tertiary/aromatic N) is 5. The highest BCUT2D eigenvalue weighted by molar-refractivity contribution is 7.88. The van der Waals surface area contributed by atoms with Gasteiger partial charge < -0.3 is 4.90 Å². The van der Waals surface area contributed by atoms with Gasteiger partial charge in [-0.2, -0.15) is 0 Å². The first kappa shape index (κ1) is 27.2. The number of thiazole rings is 1. The van der Waals surface area contributed by atoms with Gasteiger partial charge in [0.1, 0.15) is 17.3 Å². The average molecular weight is 544 g/mol. The van der Waals surface area contributed by atoms with E-state index in [4.69, 9.17) is 9.97 Å². The Morgan fingerprint density at radius 1 is 1.14 bits per heavy atom. The molecule has 37 heavy (non-hydrogen) atoms. The summed E-state index contributed by atoms with van der Waals surface area (Å²) in [5, 5.41) is 2.82. The largest absolute Gasteiger partial charge is 0.305 e. The van der Waals surface area contributed by atoms with Crippen molar-refractivity contribution in [2.24, 2.45) is 0 Å². The molecule has 1 atom stereocenters. The van der Waals surface area contributed by atoms with Crippen molar-refractivity contribution in [3.63, 3.8) is 0 Å². The molecule has 0 fully saturated rings. The summed E-state index contributed by atoms with van der Waals surface area (Å²) in [4.78, 5) is 11.8. The molecular weight excluding hydrogens is 509 g/mol. The molecule has 1 aromatic carbocycles. The normalized spacial score (nSPS) is 13.0. The number of benzene rings is 1. The summed E-state index contributed by atoms with van der Waals surface area (Å²) in [6.45, 7) is 6.57. The van der Waals surface area contributed by atoms with Gasteiger partial charge in [0.25, 0.3) is 0 Å². The predicted molar refractivity (Wildman–Crippen MR) is 150 cm³/mol. The summed E-state index contributed by atoms with van der Waals surface area (Å²) in [5.41, 5.74) is 5.56. The maximum atomic E-state index is 13.6. The number of halogens is 1. The van der Waals surface area contributed by atoms with Gasteiger partial charge in [0.05, 0.1) is 17.6 Å². The molecule has 0 N–H and O–H groups in total. The summed E-state index contributed by atoms with van der Waals surface area (Å²) in [5.74, 6) is 0.919. The molecule has 0 aliphatic rings. The zero-order chi connectivity index (χ0) is 26.9. The fraction of sp³-hybridized carbons (Fsp3) is 0.407. The lowest BCUT2D eigenvalue weighted by atomic mass is 9.94. The van der Waals surface area contributed by atoms with Crippen LogP contribution in [-0.4, -0.2) is 54.0 Å². The van der Waals surface area contributed by atoms with Crippen LogP contribution in [-0.2, 0) is 16.4 Å². The van der Waals surface area contributed by atoms with E-state index in [0.29, 0.717) is 6.54 Å². The quantitative estimate of drug-likeness (QED) is 0.245. The molecule has 0 saturated heterocycles. The first-order chi connectivity index (χ1) is 17.5. The molecular formula is C27H34FN5O2S2. The lowest BCUT2D eigenvalue weighted by molar-refractivity contribution is 0.440.